The van der Waals surface area contributed by atoms with Crippen molar-refractivity contribution in [1.29, 1.82) is 0 Å². The Morgan fingerprint density at radius 1 is 0.875 bits per heavy atom. The van der Waals surface area contributed by atoms with Crippen LogP contribution in [0.3, 0.4) is 0 Å². The Balaban J connectivity index is 2.32. The number of methoxy groups -OCH3 is 1. The van der Waals surface area contributed by atoms with Crippen molar-refractivity contribution in [3.63, 3.8) is 0 Å². The van der Waals surface area contributed by atoms with Crippen LogP contribution in [0.15, 0.2) is 42.5 Å². The number of benzene rings is 2. The number of para-hydroxylation sites is 1. The summed E-state index contributed by atoms with van der Waals surface area (Å²) < 4.78 is 4.71. The SMILES string of the molecule is COC(=O)c1ccccc1NC(=O)c1cccc(NC(C)=O)c1C. The van der Waals surface area contributed by atoms with Crippen molar-refractivity contribution in [2.24, 2.45) is 0 Å². The number of carbonyl (C=O) groups excluding carboxylic acids is 3. The van der Waals surface area contributed by atoms with E-state index in [2.05, 4.69) is 10.6 Å². The highest BCUT2D eigenvalue weighted by Crippen LogP contribution is 2.22. The second kappa shape index (κ2) is 7.41. The molecule has 124 valence electrons. The van der Waals surface area contributed by atoms with E-state index in [-0.39, 0.29) is 17.4 Å². The largest absolute Gasteiger partial charge is 0.465 e. The lowest BCUT2D eigenvalue weighted by Gasteiger charge is -2.13. The number of ether oxygens (including phenoxy) is 1. The summed E-state index contributed by atoms with van der Waals surface area (Å²) in [5, 5.41) is 5.39. The van der Waals surface area contributed by atoms with Gasteiger partial charge in [-0.15, -0.1) is 0 Å². The average Bonchev–Trinajstić information content (AvgIpc) is 2.56. The smallest absolute Gasteiger partial charge is 0.339 e. The van der Waals surface area contributed by atoms with E-state index in [0.29, 0.717) is 22.5 Å². The minimum absolute atomic E-state index is 0.216. The molecule has 24 heavy (non-hydrogen) atoms. The van der Waals surface area contributed by atoms with Crippen LogP contribution >= 0.6 is 0 Å². The summed E-state index contributed by atoms with van der Waals surface area (Å²) in [6, 6.07) is 11.6. The topological polar surface area (TPSA) is 84.5 Å². The molecule has 0 aromatic heterocycles. The number of carbonyl (C=O) groups is 3. The molecule has 0 radical (unpaired) electrons. The molecule has 2 N–H and O–H groups in total. The summed E-state index contributed by atoms with van der Waals surface area (Å²) in [6.07, 6.45) is 0. The first-order chi connectivity index (χ1) is 11.4. The van der Waals surface area contributed by atoms with Crippen LogP contribution in [0.4, 0.5) is 11.4 Å². The van der Waals surface area contributed by atoms with Crippen LogP contribution < -0.4 is 10.6 Å². The van der Waals surface area contributed by atoms with Gasteiger partial charge in [0.2, 0.25) is 5.91 Å². The van der Waals surface area contributed by atoms with Crippen molar-refractivity contribution < 1.29 is 19.1 Å². The quantitative estimate of drug-likeness (QED) is 0.846. The maximum atomic E-state index is 12.6. The van der Waals surface area contributed by atoms with Crippen LogP contribution in [0.25, 0.3) is 0 Å². The first-order valence-corrected chi connectivity index (χ1v) is 7.30. The second-order valence-corrected chi connectivity index (χ2v) is 5.15. The Kier molecular flexibility index (Phi) is 5.31. The highest BCUT2D eigenvalue weighted by Gasteiger charge is 2.16. The van der Waals surface area contributed by atoms with E-state index < -0.39 is 5.97 Å². The van der Waals surface area contributed by atoms with Gasteiger partial charge in [-0.05, 0) is 36.8 Å². The molecule has 0 spiro atoms. The molecule has 2 aromatic carbocycles. The van der Waals surface area contributed by atoms with E-state index in [9.17, 15) is 14.4 Å². The average molecular weight is 326 g/mol. The summed E-state index contributed by atoms with van der Waals surface area (Å²) >= 11 is 0. The monoisotopic (exact) mass is 326 g/mol. The fraction of sp³-hybridized carbons (Fsp3) is 0.167. The molecule has 0 atom stereocenters. The number of hydrogen-bond acceptors (Lipinski definition) is 4. The number of rotatable bonds is 4. The highest BCUT2D eigenvalue weighted by atomic mass is 16.5. The zero-order valence-electron chi connectivity index (χ0n) is 13.7. The number of hydrogen-bond donors (Lipinski definition) is 2. The van der Waals surface area contributed by atoms with Crippen molar-refractivity contribution >= 4 is 29.2 Å². The minimum Gasteiger partial charge on any atom is -0.465 e. The molecular formula is C18H18N2O4. The van der Waals surface area contributed by atoms with Crippen molar-refractivity contribution in [3.05, 3.63) is 59.2 Å². The molecule has 0 saturated heterocycles. The summed E-state index contributed by atoms with van der Waals surface area (Å²) in [5.74, 6) is -1.13. The fourth-order valence-electron chi connectivity index (χ4n) is 2.28. The summed E-state index contributed by atoms with van der Waals surface area (Å²) in [5.41, 5.74) is 2.24. The molecule has 0 fully saturated rings. The van der Waals surface area contributed by atoms with Gasteiger partial charge in [-0.2, -0.15) is 0 Å². The van der Waals surface area contributed by atoms with E-state index in [1.165, 1.54) is 14.0 Å². The molecule has 2 amide bonds. The van der Waals surface area contributed by atoms with Crippen molar-refractivity contribution in [1.82, 2.24) is 0 Å². The van der Waals surface area contributed by atoms with Crippen molar-refractivity contribution in [2.75, 3.05) is 17.7 Å². The minimum atomic E-state index is -0.533. The Bertz CT molecular complexity index is 799. The van der Waals surface area contributed by atoms with Crippen molar-refractivity contribution in [3.8, 4) is 0 Å². The first kappa shape index (κ1) is 17.2. The third kappa shape index (κ3) is 3.78. The van der Waals surface area contributed by atoms with Gasteiger partial charge >= 0.3 is 5.97 Å². The van der Waals surface area contributed by atoms with Gasteiger partial charge in [0.25, 0.3) is 5.91 Å². The van der Waals surface area contributed by atoms with Gasteiger partial charge in [0, 0.05) is 18.2 Å². The maximum Gasteiger partial charge on any atom is 0.339 e. The normalized spacial score (nSPS) is 9.96. The van der Waals surface area contributed by atoms with Gasteiger partial charge in [-0.25, -0.2) is 4.79 Å². The molecule has 6 heteroatoms. The Labute approximate surface area is 139 Å². The lowest BCUT2D eigenvalue weighted by Crippen LogP contribution is -2.17. The van der Waals surface area contributed by atoms with Gasteiger partial charge in [0.15, 0.2) is 0 Å². The Morgan fingerprint density at radius 2 is 1.50 bits per heavy atom. The molecule has 0 aliphatic heterocycles. The van der Waals surface area contributed by atoms with Crippen molar-refractivity contribution in [2.45, 2.75) is 13.8 Å². The third-order valence-corrected chi connectivity index (χ3v) is 3.47. The molecular weight excluding hydrogens is 308 g/mol. The molecule has 0 aliphatic carbocycles. The number of esters is 1. The molecule has 2 aromatic rings. The van der Waals surface area contributed by atoms with Crippen LogP contribution in [0.2, 0.25) is 0 Å². The van der Waals surface area contributed by atoms with Crippen LogP contribution in [0, 0.1) is 6.92 Å². The molecule has 0 aliphatic rings. The van der Waals surface area contributed by atoms with Crippen LogP contribution in [-0.4, -0.2) is 24.9 Å². The number of amides is 2. The van der Waals surface area contributed by atoms with Gasteiger partial charge < -0.3 is 15.4 Å². The number of nitrogens with one attached hydrogen (secondary N) is 2. The molecule has 0 unspecified atom stereocenters. The zero-order valence-corrected chi connectivity index (χ0v) is 13.7. The van der Waals surface area contributed by atoms with E-state index >= 15 is 0 Å². The third-order valence-electron chi connectivity index (χ3n) is 3.47. The van der Waals surface area contributed by atoms with Gasteiger partial charge in [-0.3, -0.25) is 9.59 Å². The molecule has 0 saturated carbocycles. The lowest BCUT2D eigenvalue weighted by atomic mass is 10.1. The predicted molar refractivity (Wildman–Crippen MR) is 91.2 cm³/mol. The maximum absolute atomic E-state index is 12.6. The molecule has 0 heterocycles. The lowest BCUT2D eigenvalue weighted by molar-refractivity contribution is -0.114. The van der Waals surface area contributed by atoms with E-state index in [1.54, 1.807) is 49.4 Å². The molecule has 2 rings (SSSR count). The standard InChI is InChI=1S/C18H18N2O4/c1-11-13(8-6-10-15(11)19-12(2)21)17(22)20-16-9-5-4-7-14(16)18(23)24-3/h4-10H,1-3H3,(H,19,21)(H,20,22). The van der Waals surface area contributed by atoms with Gasteiger partial charge in [0.1, 0.15) is 0 Å². The summed E-state index contributed by atoms with van der Waals surface area (Å²) in [7, 11) is 1.28. The van der Waals surface area contributed by atoms with Crippen LogP contribution in [-0.2, 0) is 9.53 Å². The van der Waals surface area contributed by atoms with E-state index in [0.717, 1.165) is 0 Å². The Morgan fingerprint density at radius 3 is 2.17 bits per heavy atom. The van der Waals surface area contributed by atoms with Gasteiger partial charge in [0.05, 0.1) is 18.4 Å². The van der Waals surface area contributed by atoms with Gasteiger partial charge in [-0.1, -0.05) is 18.2 Å². The summed E-state index contributed by atoms with van der Waals surface area (Å²) in [4.78, 5) is 35.6. The van der Waals surface area contributed by atoms with Crippen LogP contribution in [0.1, 0.15) is 33.2 Å². The Hall–Kier alpha value is -3.15. The molecule has 6 nitrogen and oxygen atoms in total. The van der Waals surface area contributed by atoms with Crippen LogP contribution in [0.5, 0.6) is 0 Å². The predicted octanol–water partition coefficient (Wildman–Crippen LogP) is 2.99. The van der Waals surface area contributed by atoms with E-state index in [4.69, 9.17) is 4.74 Å². The molecule has 0 bridgehead atoms. The zero-order chi connectivity index (χ0) is 17.7. The fourth-order valence-corrected chi connectivity index (χ4v) is 2.28. The number of anilines is 2. The summed E-state index contributed by atoms with van der Waals surface area (Å²) in [6.45, 7) is 3.14. The highest BCUT2D eigenvalue weighted by molar-refractivity contribution is 6.09. The first-order valence-electron chi connectivity index (χ1n) is 7.30. The second-order valence-electron chi connectivity index (χ2n) is 5.15. The van der Waals surface area contributed by atoms with E-state index in [1.807, 2.05) is 0 Å².